The summed E-state index contributed by atoms with van der Waals surface area (Å²) >= 11 is 0. The van der Waals surface area contributed by atoms with Crippen LogP contribution in [0, 0.1) is 10.1 Å². The number of fused-ring (bicyclic) bond motifs is 1. The molecule has 1 aromatic heterocycles. The smallest absolute Gasteiger partial charge is 0.269 e. The molecule has 0 aliphatic heterocycles. The first-order chi connectivity index (χ1) is 11.1. The van der Waals surface area contributed by atoms with Gasteiger partial charge in [0.15, 0.2) is 6.29 Å². The fraction of sp³-hybridized carbons (Fsp3) is 0.0625. The van der Waals surface area contributed by atoms with E-state index in [-0.39, 0.29) is 5.69 Å². The summed E-state index contributed by atoms with van der Waals surface area (Å²) in [5.41, 5.74) is 2.43. The van der Waals surface area contributed by atoms with Crippen molar-refractivity contribution in [2.75, 3.05) is 12.4 Å². The minimum Gasteiger partial charge on any atom is -0.497 e. The van der Waals surface area contributed by atoms with Gasteiger partial charge in [0, 0.05) is 29.3 Å². The molecule has 116 valence electrons. The van der Waals surface area contributed by atoms with E-state index in [0.29, 0.717) is 22.8 Å². The highest BCUT2D eigenvalue weighted by molar-refractivity contribution is 6.03. The minimum absolute atomic E-state index is 0.00910. The molecule has 0 fully saturated rings. The summed E-state index contributed by atoms with van der Waals surface area (Å²) in [6, 6.07) is 11.4. The van der Waals surface area contributed by atoms with E-state index in [2.05, 4.69) is 10.3 Å². The van der Waals surface area contributed by atoms with Crippen LogP contribution in [0.25, 0.3) is 10.9 Å². The Balaban J connectivity index is 2.01. The summed E-state index contributed by atoms with van der Waals surface area (Å²) in [6.07, 6.45) is 0.722. The summed E-state index contributed by atoms with van der Waals surface area (Å²) in [7, 11) is 1.57. The number of nitro groups is 1. The van der Waals surface area contributed by atoms with Crippen molar-refractivity contribution in [3.63, 3.8) is 0 Å². The third-order valence-corrected chi connectivity index (χ3v) is 3.50. The molecule has 2 aromatic carbocycles. The number of anilines is 2. The summed E-state index contributed by atoms with van der Waals surface area (Å²) in [5.74, 6) is 0.679. The van der Waals surface area contributed by atoms with Crippen molar-refractivity contribution < 1.29 is 14.5 Å². The van der Waals surface area contributed by atoms with Gasteiger partial charge in [-0.1, -0.05) is 0 Å². The average Bonchev–Trinajstić information content (AvgIpc) is 2.92. The number of aromatic amines is 1. The first kappa shape index (κ1) is 14.6. The number of nitrogens with zero attached hydrogens (tertiary/aromatic N) is 1. The highest BCUT2D eigenvalue weighted by Gasteiger charge is 2.12. The van der Waals surface area contributed by atoms with Crippen LogP contribution in [0.4, 0.5) is 17.1 Å². The Labute approximate surface area is 131 Å². The Morgan fingerprint density at radius 1 is 1.22 bits per heavy atom. The molecule has 0 aliphatic rings. The van der Waals surface area contributed by atoms with Gasteiger partial charge >= 0.3 is 0 Å². The van der Waals surface area contributed by atoms with E-state index < -0.39 is 4.92 Å². The number of hydrogen-bond acceptors (Lipinski definition) is 5. The van der Waals surface area contributed by atoms with Crippen LogP contribution in [-0.2, 0) is 0 Å². The number of carbonyl (C=O) groups excluding carboxylic acids is 1. The Morgan fingerprint density at radius 3 is 2.57 bits per heavy atom. The number of benzene rings is 2. The van der Waals surface area contributed by atoms with Crippen molar-refractivity contribution in [3.8, 4) is 5.75 Å². The molecular weight excluding hydrogens is 298 g/mol. The molecule has 0 unspecified atom stereocenters. The van der Waals surface area contributed by atoms with E-state index in [0.717, 1.165) is 17.2 Å². The van der Waals surface area contributed by atoms with Gasteiger partial charge in [-0.25, -0.2) is 0 Å². The van der Waals surface area contributed by atoms with Crippen LogP contribution in [-0.4, -0.2) is 23.3 Å². The average molecular weight is 311 g/mol. The van der Waals surface area contributed by atoms with Crippen LogP contribution in [0.5, 0.6) is 5.75 Å². The monoisotopic (exact) mass is 311 g/mol. The van der Waals surface area contributed by atoms with Crippen molar-refractivity contribution in [3.05, 3.63) is 58.3 Å². The minimum atomic E-state index is -0.460. The fourth-order valence-corrected chi connectivity index (χ4v) is 2.36. The molecule has 0 saturated carbocycles. The third-order valence-electron chi connectivity index (χ3n) is 3.50. The van der Waals surface area contributed by atoms with Crippen LogP contribution >= 0.6 is 0 Å². The predicted octanol–water partition coefficient (Wildman–Crippen LogP) is 3.64. The number of carbonyl (C=O) groups is 1. The second-order valence-corrected chi connectivity index (χ2v) is 4.87. The lowest BCUT2D eigenvalue weighted by Gasteiger charge is -2.06. The van der Waals surface area contributed by atoms with Gasteiger partial charge in [0.05, 0.1) is 23.2 Å². The molecule has 1 heterocycles. The Morgan fingerprint density at radius 2 is 1.96 bits per heavy atom. The van der Waals surface area contributed by atoms with Gasteiger partial charge < -0.3 is 15.0 Å². The van der Waals surface area contributed by atoms with Gasteiger partial charge in [-0.05, 0) is 24.3 Å². The lowest BCUT2D eigenvalue weighted by Crippen LogP contribution is -1.94. The number of hydrogen-bond donors (Lipinski definition) is 2. The normalized spacial score (nSPS) is 10.5. The van der Waals surface area contributed by atoms with Gasteiger partial charge in [0.25, 0.3) is 5.69 Å². The van der Waals surface area contributed by atoms with Gasteiger partial charge in [0.1, 0.15) is 11.4 Å². The number of non-ortho nitro benzene ring substituents is 1. The third kappa shape index (κ3) is 2.71. The fourth-order valence-electron chi connectivity index (χ4n) is 2.36. The standard InChI is InChI=1S/C16H13N3O4/c1-23-12-6-7-13-14(8-12)18-15(9-20)16(13)17-10-2-4-11(5-3-10)19(21)22/h2-9,17-18H,1H3. The van der Waals surface area contributed by atoms with Gasteiger partial charge in [-0.3, -0.25) is 14.9 Å². The second-order valence-electron chi connectivity index (χ2n) is 4.87. The Hall–Kier alpha value is -3.35. The SMILES string of the molecule is COc1ccc2c(Nc3ccc([N+](=O)[O-])cc3)c(C=O)[nH]c2c1. The van der Waals surface area contributed by atoms with Crippen LogP contribution in [0.15, 0.2) is 42.5 Å². The molecule has 0 aliphatic carbocycles. The number of aldehydes is 1. The Bertz CT molecular complexity index is 884. The highest BCUT2D eigenvalue weighted by Crippen LogP contribution is 2.32. The molecule has 3 rings (SSSR count). The highest BCUT2D eigenvalue weighted by atomic mass is 16.6. The summed E-state index contributed by atoms with van der Waals surface area (Å²) in [6.45, 7) is 0. The number of nitrogens with one attached hydrogen (secondary N) is 2. The zero-order chi connectivity index (χ0) is 16.4. The number of methoxy groups -OCH3 is 1. The molecule has 0 spiro atoms. The molecule has 7 nitrogen and oxygen atoms in total. The van der Waals surface area contributed by atoms with Crippen molar-refractivity contribution >= 4 is 34.3 Å². The van der Waals surface area contributed by atoms with E-state index in [9.17, 15) is 14.9 Å². The molecule has 0 bridgehead atoms. The molecule has 0 amide bonds. The van der Waals surface area contributed by atoms with Crippen molar-refractivity contribution in [2.24, 2.45) is 0 Å². The van der Waals surface area contributed by atoms with Crippen molar-refractivity contribution in [2.45, 2.75) is 0 Å². The van der Waals surface area contributed by atoms with E-state index >= 15 is 0 Å². The van der Waals surface area contributed by atoms with Crippen molar-refractivity contribution in [1.29, 1.82) is 0 Å². The zero-order valence-electron chi connectivity index (χ0n) is 12.2. The number of aromatic nitrogens is 1. The molecule has 0 saturated heterocycles. The second kappa shape index (κ2) is 5.80. The van der Waals surface area contributed by atoms with Crippen LogP contribution in [0.3, 0.4) is 0 Å². The maximum atomic E-state index is 11.3. The largest absolute Gasteiger partial charge is 0.497 e. The molecule has 23 heavy (non-hydrogen) atoms. The first-order valence-electron chi connectivity index (χ1n) is 6.78. The van der Waals surface area contributed by atoms with E-state index in [1.807, 2.05) is 6.07 Å². The number of nitro benzene ring substituents is 1. The molecule has 2 N–H and O–H groups in total. The number of H-pyrrole nitrogens is 1. The zero-order valence-corrected chi connectivity index (χ0v) is 12.2. The van der Waals surface area contributed by atoms with E-state index in [1.54, 1.807) is 31.4 Å². The predicted molar refractivity (Wildman–Crippen MR) is 86.6 cm³/mol. The lowest BCUT2D eigenvalue weighted by atomic mass is 10.2. The van der Waals surface area contributed by atoms with Crippen molar-refractivity contribution in [1.82, 2.24) is 4.98 Å². The summed E-state index contributed by atoms with van der Waals surface area (Å²) < 4.78 is 5.17. The maximum Gasteiger partial charge on any atom is 0.269 e. The van der Waals surface area contributed by atoms with E-state index in [4.69, 9.17) is 4.74 Å². The molecular formula is C16H13N3O4. The molecule has 0 atom stereocenters. The summed E-state index contributed by atoms with van der Waals surface area (Å²) in [4.78, 5) is 24.5. The molecule has 3 aromatic rings. The van der Waals surface area contributed by atoms with Gasteiger partial charge in [-0.15, -0.1) is 0 Å². The molecule has 0 radical (unpaired) electrons. The van der Waals surface area contributed by atoms with Gasteiger partial charge in [-0.2, -0.15) is 0 Å². The first-order valence-corrected chi connectivity index (χ1v) is 6.78. The van der Waals surface area contributed by atoms with Crippen LogP contribution < -0.4 is 10.1 Å². The van der Waals surface area contributed by atoms with Crippen LogP contribution in [0.1, 0.15) is 10.5 Å². The molecule has 7 heteroatoms. The topological polar surface area (TPSA) is 97.3 Å². The number of ether oxygens (including phenoxy) is 1. The summed E-state index contributed by atoms with van der Waals surface area (Å²) in [5, 5.41) is 14.6. The Kier molecular flexibility index (Phi) is 3.68. The van der Waals surface area contributed by atoms with Crippen LogP contribution in [0.2, 0.25) is 0 Å². The van der Waals surface area contributed by atoms with E-state index in [1.165, 1.54) is 12.1 Å². The quantitative estimate of drug-likeness (QED) is 0.426. The van der Waals surface area contributed by atoms with Gasteiger partial charge in [0.2, 0.25) is 0 Å². The number of rotatable bonds is 5. The lowest BCUT2D eigenvalue weighted by molar-refractivity contribution is -0.384. The maximum absolute atomic E-state index is 11.3.